The molecule has 4 rings (SSSR count). The number of fused-ring (bicyclic) bond motifs is 1. The second kappa shape index (κ2) is 12.7. The number of anilines is 1. The molecule has 17 heteroatoms. The van der Waals surface area contributed by atoms with Gasteiger partial charge in [0.1, 0.15) is 28.7 Å². The highest BCUT2D eigenvalue weighted by Gasteiger charge is 2.17. The average molecular weight is 662 g/mol. The van der Waals surface area contributed by atoms with Crippen molar-refractivity contribution >= 4 is 69.0 Å². The van der Waals surface area contributed by atoms with Gasteiger partial charge in [0.25, 0.3) is 10.1 Å². The van der Waals surface area contributed by atoms with Crippen molar-refractivity contribution in [1.29, 1.82) is 0 Å². The van der Waals surface area contributed by atoms with Crippen LogP contribution in [0, 0.1) is 0 Å². The number of aromatic hydroxyl groups is 2. The normalized spacial score (nSPS) is 12.8. The van der Waals surface area contributed by atoms with Gasteiger partial charge in [0, 0.05) is 10.8 Å². The summed E-state index contributed by atoms with van der Waals surface area (Å²) in [5, 5.41) is 40.4. The lowest BCUT2D eigenvalue weighted by atomic mass is 10.1. The molecule has 0 saturated carbocycles. The second-order valence-corrected chi connectivity index (χ2v) is 15.3. The topological polar surface area (TPSA) is 225 Å². The number of nitrogens with zero attached hydrogens (tertiary/aromatic N) is 4. The summed E-state index contributed by atoms with van der Waals surface area (Å²) in [6, 6.07) is 14.9. The van der Waals surface area contributed by atoms with Gasteiger partial charge in [-0.2, -0.15) is 13.5 Å². The van der Waals surface area contributed by atoms with Gasteiger partial charge >= 0.3 is 0 Å². The Hall–Kier alpha value is -4.45. The lowest BCUT2D eigenvalue weighted by molar-refractivity contribution is 0.475. The van der Waals surface area contributed by atoms with Gasteiger partial charge in [0.05, 0.1) is 32.7 Å². The van der Waals surface area contributed by atoms with Crippen LogP contribution in [0.15, 0.2) is 97.0 Å². The summed E-state index contributed by atoms with van der Waals surface area (Å²) in [5.41, 5.74) is 0.299. The predicted molar refractivity (Wildman–Crippen MR) is 164 cm³/mol. The molecule has 14 nitrogen and oxygen atoms in total. The second-order valence-electron chi connectivity index (χ2n) is 9.24. The molecule has 0 amide bonds. The van der Waals surface area contributed by atoms with Gasteiger partial charge in [-0.15, -0.1) is 15.3 Å². The number of sulfone groups is 2. The summed E-state index contributed by atoms with van der Waals surface area (Å²) in [6.07, 6.45) is 0. The van der Waals surface area contributed by atoms with Crippen molar-refractivity contribution in [2.24, 2.45) is 20.5 Å². The van der Waals surface area contributed by atoms with Crippen LogP contribution in [0.1, 0.15) is 13.8 Å². The van der Waals surface area contributed by atoms with E-state index in [1.54, 1.807) is 0 Å². The number of hydrogen-bond donors (Lipinski definition) is 4. The molecule has 0 aliphatic carbocycles. The van der Waals surface area contributed by atoms with E-state index in [0.717, 1.165) is 6.07 Å². The number of benzene rings is 4. The molecule has 0 fully saturated rings. The molecule has 0 aromatic heterocycles. The number of nitrogens with one attached hydrogen (secondary N) is 1. The van der Waals surface area contributed by atoms with Crippen molar-refractivity contribution in [3.63, 3.8) is 0 Å². The van der Waals surface area contributed by atoms with Crippen molar-refractivity contribution in [1.82, 2.24) is 0 Å². The molecular weight excluding hydrogens is 635 g/mol. The summed E-state index contributed by atoms with van der Waals surface area (Å²) in [4.78, 5) is 0.0503. The first kappa shape index (κ1) is 32.5. The lowest BCUT2D eigenvalue weighted by Gasteiger charge is -2.12. The average Bonchev–Trinajstić information content (AvgIpc) is 2.99. The first-order chi connectivity index (χ1) is 20.6. The summed E-state index contributed by atoms with van der Waals surface area (Å²) >= 11 is 0. The van der Waals surface area contributed by atoms with Crippen molar-refractivity contribution in [3.05, 3.63) is 66.7 Å². The lowest BCUT2D eigenvalue weighted by Crippen LogP contribution is -2.13. The molecule has 0 bridgehead atoms. The summed E-state index contributed by atoms with van der Waals surface area (Å²) in [5.74, 6) is -1.78. The van der Waals surface area contributed by atoms with Crippen LogP contribution in [-0.4, -0.2) is 57.4 Å². The standard InChI is InChI=1S/C27H27N5O9S3/c1-3-42(35,36)18-7-5-17(6-8-18)29-32-26-20-10-13-23(27(34)21(20)11-12-22(26)28-16-44(39,40)41)30-31-24-15-19(9-14-25(24)33)43(37,38)4-2/h5-15,28,33-34H,3-4,16H2,1-2H3,(H,39,40,41). The molecule has 0 aliphatic heterocycles. The van der Waals surface area contributed by atoms with Crippen molar-refractivity contribution in [3.8, 4) is 11.5 Å². The van der Waals surface area contributed by atoms with Gasteiger partial charge in [0.2, 0.25) is 0 Å². The van der Waals surface area contributed by atoms with Crippen LogP contribution < -0.4 is 5.32 Å². The molecule has 4 aromatic rings. The molecule has 0 atom stereocenters. The van der Waals surface area contributed by atoms with E-state index < -0.39 is 35.7 Å². The molecule has 44 heavy (non-hydrogen) atoms. The van der Waals surface area contributed by atoms with Crippen molar-refractivity contribution < 1.29 is 40.0 Å². The third-order valence-corrected chi connectivity index (χ3v) is 10.4. The van der Waals surface area contributed by atoms with E-state index in [0.29, 0.717) is 0 Å². The fraction of sp³-hybridized carbons (Fsp3) is 0.185. The van der Waals surface area contributed by atoms with Gasteiger partial charge in [-0.1, -0.05) is 13.8 Å². The van der Waals surface area contributed by atoms with Crippen LogP contribution in [-0.2, 0) is 29.8 Å². The minimum atomic E-state index is -4.42. The molecule has 0 spiro atoms. The molecule has 0 radical (unpaired) electrons. The van der Waals surface area contributed by atoms with Crippen LogP contribution in [0.2, 0.25) is 0 Å². The molecule has 0 aliphatic rings. The summed E-state index contributed by atoms with van der Waals surface area (Å²) in [6.45, 7) is 3.00. The highest BCUT2D eigenvalue weighted by Crippen LogP contribution is 2.43. The molecule has 0 heterocycles. The number of hydrogen-bond acceptors (Lipinski definition) is 13. The maximum Gasteiger partial charge on any atom is 0.283 e. The van der Waals surface area contributed by atoms with E-state index in [-0.39, 0.29) is 72.0 Å². The van der Waals surface area contributed by atoms with Gasteiger partial charge in [-0.05, 0) is 66.7 Å². The maximum absolute atomic E-state index is 12.2. The number of phenolic OH excluding ortho intramolecular Hbond substituents is 2. The number of azo groups is 2. The van der Waals surface area contributed by atoms with E-state index in [9.17, 15) is 40.0 Å². The zero-order chi connectivity index (χ0) is 32.3. The van der Waals surface area contributed by atoms with Crippen LogP contribution in [0.5, 0.6) is 11.5 Å². The Morgan fingerprint density at radius 3 is 1.89 bits per heavy atom. The zero-order valence-corrected chi connectivity index (χ0v) is 25.7. The third kappa shape index (κ3) is 7.36. The van der Waals surface area contributed by atoms with Crippen LogP contribution in [0.4, 0.5) is 28.4 Å². The number of phenols is 2. The molecule has 232 valence electrons. The fourth-order valence-corrected chi connectivity index (χ4v) is 6.03. The first-order valence-corrected chi connectivity index (χ1v) is 17.8. The summed E-state index contributed by atoms with van der Waals surface area (Å²) in [7, 11) is -11.4. The SMILES string of the molecule is CCS(=O)(=O)c1ccc(N=Nc2c(NCS(=O)(=O)O)ccc3c(O)c(N=Nc4cc(S(=O)(=O)CC)ccc4O)ccc23)cc1. The molecular formula is C27H27N5O9S3. The third-order valence-electron chi connectivity index (χ3n) is 6.36. The maximum atomic E-state index is 12.2. The molecule has 0 unspecified atom stereocenters. The molecule has 4 aromatic carbocycles. The molecule has 0 saturated heterocycles. The van der Waals surface area contributed by atoms with E-state index in [1.807, 2.05) is 0 Å². The van der Waals surface area contributed by atoms with Crippen LogP contribution in [0.3, 0.4) is 0 Å². The minimum Gasteiger partial charge on any atom is -0.506 e. The van der Waals surface area contributed by atoms with E-state index in [4.69, 9.17) is 0 Å². The predicted octanol–water partition coefficient (Wildman–Crippen LogP) is 5.93. The minimum absolute atomic E-state index is 0.0464. The Kier molecular flexibility index (Phi) is 9.33. The first-order valence-electron chi connectivity index (χ1n) is 12.8. The van der Waals surface area contributed by atoms with E-state index in [2.05, 4.69) is 25.8 Å². The van der Waals surface area contributed by atoms with Crippen molar-refractivity contribution in [2.75, 3.05) is 22.7 Å². The molecule has 4 N–H and O–H groups in total. The van der Waals surface area contributed by atoms with Gasteiger partial charge in [-0.3, -0.25) is 4.55 Å². The number of rotatable bonds is 11. The largest absolute Gasteiger partial charge is 0.506 e. The van der Waals surface area contributed by atoms with Gasteiger partial charge in [-0.25, -0.2) is 16.8 Å². The van der Waals surface area contributed by atoms with Gasteiger partial charge < -0.3 is 15.5 Å². The fourth-order valence-electron chi connectivity index (χ4n) is 3.91. The smallest absolute Gasteiger partial charge is 0.283 e. The van der Waals surface area contributed by atoms with Crippen LogP contribution in [0.25, 0.3) is 10.8 Å². The highest BCUT2D eigenvalue weighted by molar-refractivity contribution is 7.91. The van der Waals surface area contributed by atoms with Crippen LogP contribution >= 0.6 is 0 Å². The Bertz CT molecular complexity index is 2110. The Labute approximate surface area is 253 Å². The van der Waals surface area contributed by atoms with E-state index in [1.165, 1.54) is 74.5 Å². The van der Waals surface area contributed by atoms with Crippen molar-refractivity contribution in [2.45, 2.75) is 23.6 Å². The Balaban J connectivity index is 1.77. The zero-order valence-electron chi connectivity index (χ0n) is 23.3. The highest BCUT2D eigenvalue weighted by atomic mass is 32.2. The van der Waals surface area contributed by atoms with Gasteiger partial charge in [0.15, 0.2) is 25.4 Å². The summed E-state index contributed by atoms with van der Waals surface area (Å²) < 4.78 is 80.6. The Morgan fingerprint density at radius 1 is 0.659 bits per heavy atom. The quantitative estimate of drug-likeness (QED) is 0.109. The van der Waals surface area contributed by atoms with E-state index >= 15 is 0 Å². The monoisotopic (exact) mass is 661 g/mol. The Morgan fingerprint density at radius 2 is 1.25 bits per heavy atom.